The highest BCUT2D eigenvalue weighted by Crippen LogP contribution is 2.41. The summed E-state index contributed by atoms with van der Waals surface area (Å²) < 4.78 is 1.45. The molecule has 2 aromatic heterocycles. The first-order chi connectivity index (χ1) is 7.33. The lowest BCUT2D eigenvalue weighted by Crippen LogP contribution is -2.15. The minimum Gasteiger partial charge on any atom is -0.255 e. The maximum atomic E-state index is 11.3. The summed E-state index contributed by atoms with van der Waals surface area (Å²) in [7, 11) is 0. The molecule has 0 N–H and O–H groups in total. The maximum absolute atomic E-state index is 11.3. The van der Waals surface area contributed by atoms with Crippen molar-refractivity contribution in [2.75, 3.05) is 0 Å². The number of rotatable bonds is 3. The normalized spacial score (nSPS) is 15.7. The number of nitrogens with zero attached hydrogens (tertiary/aromatic N) is 3. The van der Waals surface area contributed by atoms with E-state index in [1.54, 1.807) is 16.8 Å². The van der Waals surface area contributed by atoms with Crippen LogP contribution < -0.4 is 4.87 Å². The van der Waals surface area contributed by atoms with Crippen molar-refractivity contribution < 1.29 is 0 Å². The van der Waals surface area contributed by atoms with E-state index < -0.39 is 0 Å². The van der Waals surface area contributed by atoms with E-state index in [2.05, 4.69) is 10.1 Å². The van der Waals surface area contributed by atoms with Crippen molar-refractivity contribution in [2.24, 2.45) is 0 Å². The van der Waals surface area contributed by atoms with Crippen LogP contribution in [0.1, 0.15) is 29.5 Å². The van der Waals surface area contributed by atoms with Gasteiger partial charge in [0.25, 0.3) is 0 Å². The Balaban J connectivity index is 1.81. The van der Waals surface area contributed by atoms with Crippen LogP contribution >= 0.6 is 22.7 Å². The van der Waals surface area contributed by atoms with Gasteiger partial charge in [-0.25, -0.2) is 9.67 Å². The molecule has 1 fully saturated rings. The molecule has 0 saturated heterocycles. The van der Waals surface area contributed by atoms with Gasteiger partial charge < -0.3 is 0 Å². The van der Waals surface area contributed by atoms with Crippen LogP contribution in [-0.2, 0) is 6.54 Å². The molecule has 0 amide bonds. The predicted octanol–water partition coefficient (Wildman–Crippen LogP) is 1.69. The zero-order chi connectivity index (χ0) is 10.3. The van der Waals surface area contributed by atoms with E-state index in [1.807, 2.05) is 5.38 Å². The van der Waals surface area contributed by atoms with Crippen molar-refractivity contribution in [1.29, 1.82) is 0 Å². The van der Waals surface area contributed by atoms with Gasteiger partial charge in [-0.15, -0.1) is 11.3 Å². The number of hydrogen-bond acceptors (Lipinski definition) is 5. The maximum Gasteiger partial charge on any atom is 0.325 e. The Morgan fingerprint density at radius 3 is 3.00 bits per heavy atom. The minimum absolute atomic E-state index is 0.0176. The molecule has 0 spiro atoms. The van der Waals surface area contributed by atoms with Crippen molar-refractivity contribution in [3.05, 3.63) is 31.3 Å². The third-order valence-corrected chi connectivity index (χ3v) is 4.03. The third-order valence-electron chi connectivity index (χ3n) is 2.36. The van der Waals surface area contributed by atoms with Gasteiger partial charge in [0, 0.05) is 11.3 Å². The summed E-state index contributed by atoms with van der Waals surface area (Å²) in [4.78, 5) is 15.8. The number of hydrogen-bond donors (Lipinski definition) is 0. The zero-order valence-corrected chi connectivity index (χ0v) is 9.55. The van der Waals surface area contributed by atoms with E-state index in [1.165, 1.54) is 22.5 Å². The Morgan fingerprint density at radius 1 is 1.47 bits per heavy atom. The van der Waals surface area contributed by atoms with Crippen molar-refractivity contribution in [3.63, 3.8) is 0 Å². The van der Waals surface area contributed by atoms with Gasteiger partial charge >= 0.3 is 4.87 Å². The Kier molecular flexibility index (Phi) is 2.17. The fourth-order valence-electron chi connectivity index (χ4n) is 1.41. The Hall–Kier alpha value is -1.01. The minimum atomic E-state index is -0.0176. The molecule has 0 atom stereocenters. The average molecular weight is 239 g/mol. The molecule has 15 heavy (non-hydrogen) atoms. The van der Waals surface area contributed by atoms with Gasteiger partial charge in [0.2, 0.25) is 0 Å². The first kappa shape index (κ1) is 9.23. The molecular formula is C9H9N3OS2. The first-order valence-corrected chi connectivity index (χ1v) is 6.54. The lowest BCUT2D eigenvalue weighted by Gasteiger charge is -1.94. The van der Waals surface area contributed by atoms with Crippen LogP contribution in [0.4, 0.5) is 0 Å². The van der Waals surface area contributed by atoms with E-state index >= 15 is 0 Å². The van der Waals surface area contributed by atoms with Gasteiger partial charge in [0.15, 0.2) is 0 Å². The van der Waals surface area contributed by atoms with Gasteiger partial charge in [0.1, 0.15) is 5.51 Å². The topological polar surface area (TPSA) is 47.8 Å². The van der Waals surface area contributed by atoms with Crippen LogP contribution in [-0.4, -0.2) is 14.8 Å². The lowest BCUT2D eigenvalue weighted by atomic mass is 10.4. The zero-order valence-electron chi connectivity index (χ0n) is 7.92. The first-order valence-electron chi connectivity index (χ1n) is 4.78. The molecule has 0 unspecified atom stereocenters. The second-order valence-corrected chi connectivity index (χ2v) is 5.30. The molecule has 0 aliphatic heterocycles. The number of thiazole rings is 1. The summed E-state index contributed by atoms with van der Waals surface area (Å²) in [5, 5.41) is 7.21. The highest BCUT2D eigenvalue weighted by molar-refractivity contribution is 7.09. The molecule has 4 nitrogen and oxygen atoms in total. The van der Waals surface area contributed by atoms with Crippen molar-refractivity contribution >= 4 is 22.7 Å². The summed E-state index contributed by atoms with van der Waals surface area (Å²) in [6, 6.07) is 0. The monoisotopic (exact) mass is 239 g/mol. The molecule has 0 radical (unpaired) electrons. The van der Waals surface area contributed by atoms with Crippen LogP contribution in [0.15, 0.2) is 15.7 Å². The molecule has 3 rings (SSSR count). The van der Waals surface area contributed by atoms with Gasteiger partial charge in [-0.2, -0.15) is 5.10 Å². The lowest BCUT2D eigenvalue weighted by molar-refractivity contribution is 0.654. The van der Waals surface area contributed by atoms with Crippen LogP contribution in [0.25, 0.3) is 0 Å². The van der Waals surface area contributed by atoms with Crippen molar-refractivity contribution in [3.8, 4) is 0 Å². The smallest absolute Gasteiger partial charge is 0.255 e. The summed E-state index contributed by atoms with van der Waals surface area (Å²) in [6.45, 7) is 0.506. The molecule has 2 heterocycles. The molecule has 1 aliphatic carbocycles. The standard InChI is InChI=1S/C9H9N3OS2/c13-9-12(10-5-15-9)3-7-4-14-8(11-7)6-1-2-6/h4-6H,1-3H2. The van der Waals surface area contributed by atoms with E-state index in [4.69, 9.17) is 0 Å². The quantitative estimate of drug-likeness (QED) is 0.819. The van der Waals surface area contributed by atoms with Gasteiger partial charge in [0.05, 0.1) is 17.2 Å². The largest absolute Gasteiger partial charge is 0.325 e. The Labute approximate surface area is 94.2 Å². The second-order valence-electron chi connectivity index (χ2n) is 3.61. The molecule has 1 aliphatic rings. The van der Waals surface area contributed by atoms with Crippen molar-refractivity contribution in [1.82, 2.24) is 14.8 Å². The van der Waals surface area contributed by atoms with E-state index in [0.29, 0.717) is 12.5 Å². The van der Waals surface area contributed by atoms with E-state index in [-0.39, 0.29) is 4.87 Å². The molecule has 0 aromatic carbocycles. The van der Waals surface area contributed by atoms with Crippen molar-refractivity contribution in [2.45, 2.75) is 25.3 Å². The average Bonchev–Trinajstić information content (AvgIpc) is 2.86. The summed E-state index contributed by atoms with van der Waals surface area (Å²) in [5.74, 6) is 0.691. The molecule has 1 saturated carbocycles. The van der Waals surface area contributed by atoms with Gasteiger partial charge in [-0.1, -0.05) is 11.3 Å². The van der Waals surface area contributed by atoms with Gasteiger partial charge in [-0.05, 0) is 12.8 Å². The Morgan fingerprint density at radius 2 is 2.33 bits per heavy atom. The van der Waals surface area contributed by atoms with Crippen LogP contribution in [0.5, 0.6) is 0 Å². The molecule has 2 aromatic rings. The summed E-state index contributed by atoms with van der Waals surface area (Å²) in [5.41, 5.74) is 2.52. The SMILES string of the molecule is O=c1scnn1Cc1csc(C2CC2)n1. The van der Waals surface area contributed by atoms with E-state index in [0.717, 1.165) is 17.0 Å². The van der Waals surface area contributed by atoms with Crippen LogP contribution in [0.3, 0.4) is 0 Å². The summed E-state index contributed by atoms with van der Waals surface area (Å²) in [6.07, 6.45) is 2.53. The number of aromatic nitrogens is 3. The predicted molar refractivity (Wildman–Crippen MR) is 59.6 cm³/mol. The van der Waals surface area contributed by atoms with E-state index in [9.17, 15) is 4.79 Å². The molecular weight excluding hydrogens is 230 g/mol. The fourth-order valence-corrected chi connectivity index (χ4v) is 2.87. The molecule has 78 valence electrons. The highest BCUT2D eigenvalue weighted by Gasteiger charge is 2.26. The fraction of sp³-hybridized carbons (Fsp3) is 0.444. The highest BCUT2D eigenvalue weighted by atomic mass is 32.1. The van der Waals surface area contributed by atoms with Gasteiger partial charge in [-0.3, -0.25) is 4.79 Å². The Bertz CT molecular complexity index is 523. The molecule has 0 bridgehead atoms. The third kappa shape index (κ3) is 1.87. The second kappa shape index (κ2) is 3.53. The molecule has 6 heteroatoms. The van der Waals surface area contributed by atoms with Crippen LogP contribution in [0.2, 0.25) is 0 Å². The summed E-state index contributed by atoms with van der Waals surface area (Å²) >= 11 is 2.82. The van der Waals surface area contributed by atoms with Crippen LogP contribution in [0, 0.1) is 0 Å².